The first-order chi connectivity index (χ1) is 14.8. The van der Waals surface area contributed by atoms with Gasteiger partial charge in [-0.2, -0.15) is 5.10 Å². The fourth-order valence-electron chi connectivity index (χ4n) is 3.56. The van der Waals surface area contributed by atoms with E-state index < -0.39 is 0 Å². The molecule has 1 aromatic heterocycles. The zero-order valence-corrected chi connectivity index (χ0v) is 22.0. The summed E-state index contributed by atoms with van der Waals surface area (Å²) in [7, 11) is 0. The van der Waals surface area contributed by atoms with Crippen LogP contribution in [0.2, 0.25) is 0 Å². The second-order valence-corrected chi connectivity index (χ2v) is 10.1. The molecule has 0 aliphatic heterocycles. The van der Waals surface area contributed by atoms with E-state index in [2.05, 4.69) is 105 Å². The highest BCUT2D eigenvalue weighted by Gasteiger charge is 2.18. The molecule has 0 bridgehead atoms. The van der Waals surface area contributed by atoms with Gasteiger partial charge in [0.05, 0.1) is 17.7 Å². The molecule has 0 atom stereocenters. The number of aryl methyl sites for hydroxylation is 2. The largest absolute Gasteiger partial charge is 0.316 e. The van der Waals surface area contributed by atoms with Gasteiger partial charge in [0.15, 0.2) is 0 Å². The van der Waals surface area contributed by atoms with Crippen molar-refractivity contribution in [2.24, 2.45) is 5.10 Å². The Labute approximate surface area is 204 Å². The third kappa shape index (κ3) is 5.70. The first kappa shape index (κ1) is 23.8. The molecule has 7 heteroatoms. The lowest BCUT2D eigenvalue weighted by atomic mass is 10.1. The summed E-state index contributed by atoms with van der Waals surface area (Å²) < 4.78 is 4.27. The van der Waals surface area contributed by atoms with Crippen LogP contribution in [-0.4, -0.2) is 22.4 Å². The first-order valence-corrected chi connectivity index (χ1v) is 12.6. The Morgan fingerprint density at radius 3 is 2.42 bits per heavy atom. The Kier molecular flexibility index (Phi) is 8.19. The number of nitrogens with one attached hydrogen (secondary N) is 1. The summed E-state index contributed by atoms with van der Waals surface area (Å²) in [4.78, 5) is 12.2. The van der Waals surface area contributed by atoms with Crippen molar-refractivity contribution in [3.05, 3.63) is 85.1 Å². The van der Waals surface area contributed by atoms with E-state index in [1.165, 1.54) is 22.4 Å². The maximum atomic E-state index is 12.2. The standard InChI is InChI=1S/C24H25Br2N3OS/c1-15-7-5-8-16(2)24(15)29-17(3)21(23(26)18(29)4)12-27-28-22(30)14-31-13-19-9-6-10-20(25)11-19/h5-12H,13-14H2,1-4H3,(H,28,30)/b27-12-. The number of para-hydroxylation sites is 1. The summed E-state index contributed by atoms with van der Waals surface area (Å²) in [6.07, 6.45) is 1.72. The lowest BCUT2D eigenvalue weighted by Gasteiger charge is -2.15. The molecule has 0 radical (unpaired) electrons. The average Bonchev–Trinajstić information content (AvgIpc) is 2.92. The maximum Gasteiger partial charge on any atom is 0.250 e. The topological polar surface area (TPSA) is 46.4 Å². The van der Waals surface area contributed by atoms with Crippen molar-refractivity contribution in [2.45, 2.75) is 33.4 Å². The van der Waals surface area contributed by atoms with Gasteiger partial charge in [0.25, 0.3) is 0 Å². The number of hydrogen-bond donors (Lipinski definition) is 1. The number of amides is 1. The van der Waals surface area contributed by atoms with Crippen LogP contribution in [0.4, 0.5) is 0 Å². The molecular weight excluding hydrogens is 538 g/mol. The van der Waals surface area contributed by atoms with Gasteiger partial charge in [0.1, 0.15) is 0 Å². The quantitative estimate of drug-likeness (QED) is 0.260. The summed E-state index contributed by atoms with van der Waals surface area (Å²) in [5, 5.41) is 4.21. The molecule has 3 rings (SSSR count). The van der Waals surface area contributed by atoms with Crippen molar-refractivity contribution < 1.29 is 4.79 Å². The van der Waals surface area contributed by atoms with E-state index in [4.69, 9.17) is 0 Å². The number of nitrogens with zero attached hydrogens (tertiary/aromatic N) is 2. The zero-order chi connectivity index (χ0) is 22.5. The van der Waals surface area contributed by atoms with Gasteiger partial charge in [-0.25, -0.2) is 5.43 Å². The smallest absolute Gasteiger partial charge is 0.250 e. The number of thioether (sulfide) groups is 1. The number of benzene rings is 2. The maximum absolute atomic E-state index is 12.2. The summed E-state index contributed by atoms with van der Waals surface area (Å²) in [5.41, 5.74) is 10.6. The second kappa shape index (κ2) is 10.7. The molecule has 31 heavy (non-hydrogen) atoms. The molecule has 0 saturated carbocycles. The molecule has 1 heterocycles. The third-order valence-electron chi connectivity index (χ3n) is 5.05. The Morgan fingerprint density at radius 2 is 1.74 bits per heavy atom. The van der Waals surface area contributed by atoms with Crippen LogP contribution in [0.1, 0.15) is 33.6 Å². The minimum atomic E-state index is -0.115. The van der Waals surface area contributed by atoms with Gasteiger partial charge in [0, 0.05) is 31.6 Å². The van der Waals surface area contributed by atoms with Crippen LogP contribution in [0.5, 0.6) is 0 Å². The number of halogens is 2. The second-order valence-electron chi connectivity index (χ2n) is 7.39. The molecular formula is C24H25Br2N3OS. The Balaban J connectivity index is 1.67. The highest BCUT2D eigenvalue weighted by Crippen LogP contribution is 2.32. The molecule has 2 aromatic carbocycles. The molecule has 0 fully saturated rings. The van der Waals surface area contributed by atoms with Crippen molar-refractivity contribution in [3.63, 3.8) is 0 Å². The molecule has 1 N–H and O–H groups in total. The van der Waals surface area contributed by atoms with Crippen LogP contribution in [0.15, 0.2) is 56.5 Å². The summed E-state index contributed by atoms with van der Waals surface area (Å²) >= 11 is 8.74. The fourth-order valence-corrected chi connectivity index (χ4v) is 5.34. The minimum absolute atomic E-state index is 0.115. The molecule has 4 nitrogen and oxygen atoms in total. The van der Waals surface area contributed by atoms with Gasteiger partial charge in [-0.15, -0.1) is 11.8 Å². The highest BCUT2D eigenvalue weighted by molar-refractivity contribution is 9.10. The molecule has 0 unspecified atom stereocenters. The van der Waals surface area contributed by atoms with Crippen molar-refractivity contribution in [1.82, 2.24) is 9.99 Å². The fraction of sp³-hybridized carbons (Fsp3) is 0.250. The molecule has 162 valence electrons. The van der Waals surface area contributed by atoms with E-state index >= 15 is 0 Å². The molecule has 0 saturated heterocycles. The van der Waals surface area contributed by atoms with Crippen LogP contribution in [-0.2, 0) is 10.5 Å². The molecule has 1 amide bonds. The summed E-state index contributed by atoms with van der Waals surface area (Å²) in [6.45, 7) is 8.39. The van der Waals surface area contributed by atoms with Crippen LogP contribution in [0.3, 0.4) is 0 Å². The van der Waals surface area contributed by atoms with Crippen molar-refractivity contribution >= 4 is 55.7 Å². The number of carbonyl (C=O) groups is 1. The van der Waals surface area contributed by atoms with Crippen LogP contribution in [0, 0.1) is 27.7 Å². The Bertz CT molecular complexity index is 1120. The van der Waals surface area contributed by atoms with E-state index in [1.807, 2.05) is 12.1 Å². The lowest BCUT2D eigenvalue weighted by Crippen LogP contribution is -2.19. The predicted octanol–water partition coefficient (Wildman–Crippen LogP) is 6.62. The Morgan fingerprint density at radius 1 is 1.06 bits per heavy atom. The number of aromatic nitrogens is 1. The van der Waals surface area contributed by atoms with Gasteiger partial charge in [-0.3, -0.25) is 4.79 Å². The molecule has 0 aliphatic carbocycles. The van der Waals surface area contributed by atoms with Gasteiger partial charge in [-0.05, 0) is 72.4 Å². The number of hydrogen-bond acceptors (Lipinski definition) is 3. The molecule has 0 aliphatic rings. The average molecular weight is 563 g/mol. The normalized spacial score (nSPS) is 11.3. The van der Waals surface area contributed by atoms with E-state index in [-0.39, 0.29) is 5.91 Å². The van der Waals surface area contributed by atoms with Crippen molar-refractivity contribution in [1.29, 1.82) is 0 Å². The SMILES string of the molecule is Cc1cccc(C)c1-n1c(C)c(Br)c(/C=N\NC(=O)CSCc2cccc(Br)c2)c1C. The van der Waals surface area contributed by atoms with Crippen molar-refractivity contribution in [3.8, 4) is 5.69 Å². The lowest BCUT2D eigenvalue weighted by molar-refractivity contribution is -0.118. The zero-order valence-electron chi connectivity index (χ0n) is 18.0. The van der Waals surface area contributed by atoms with Crippen LogP contribution < -0.4 is 5.43 Å². The monoisotopic (exact) mass is 561 g/mol. The van der Waals surface area contributed by atoms with Crippen molar-refractivity contribution in [2.75, 3.05) is 5.75 Å². The number of rotatable bonds is 7. The highest BCUT2D eigenvalue weighted by atomic mass is 79.9. The van der Waals surface area contributed by atoms with Gasteiger partial charge < -0.3 is 4.57 Å². The third-order valence-corrected chi connectivity index (χ3v) is 7.55. The van der Waals surface area contributed by atoms with E-state index in [0.29, 0.717) is 5.75 Å². The van der Waals surface area contributed by atoms with Crippen LogP contribution in [0.25, 0.3) is 5.69 Å². The van der Waals surface area contributed by atoms with Gasteiger partial charge in [-0.1, -0.05) is 46.3 Å². The van der Waals surface area contributed by atoms with E-state index in [0.717, 1.165) is 31.6 Å². The number of hydrazone groups is 1. The van der Waals surface area contributed by atoms with E-state index in [9.17, 15) is 4.79 Å². The van der Waals surface area contributed by atoms with Gasteiger partial charge in [0.2, 0.25) is 5.91 Å². The predicted molar refractivity (Wildman–Crippen MR) is 138 cm³/mol. The molecule has 0 spiro atoms. The van der Waals surface area contributed by atoms with Crippen LogP contribution >= 0.6 is 43.6 Å². The summed E-state index contributed by atoms with van der Waals surface area (Å²) in [5.74, 6) is 1.02. The van der Waals surface area contributed by atoms with Gasteiger partial charge >= 0.3 is 0 Å². The van der Waals surface area contributed by atoms with E-state index in [1.54, 1.807) is 18.0 Å². The summed E-state index contributed by atoms with van der Waals surface area (Å²) in [6, 6.07) is 14.4. The minimum Gasteiger partial charge on any atom is -0.316 e. The Hall–Kier alpha value is -1.83. The first-order valence-electron chi connectivity index (χ1n) is 9.87. The molecule has 3 aromatic rings. The number of carbonyl (C=O) groups excluding carboxylic acids is 1.